The molecule has 5 heterocycles. The molecule has 1 spiro atoms. The molecule has 15 unspecified atom stereocenters. The Bertz CT molecular complexity index is 3120. The molecule has 7 aliphatic carbocycles. The van der Waals surface area contributed by atoms with Gasteiger partial charge in [-0.25, -0.2) is 0 Å². The number of nitrogens with zero attached hydrogens (tertiary/aromatic N) is 1. The van der Waals surface area contributed by atoms with Gasteiger partial charge in [0.25, 0.3) is 0 Å². The first-order chi connectivity index (χ1) is 39.3. The van der Waals surface area contributed by atoms with Crippen molar-refractivity contribution in [2.75, 3.05) is 26.8 Å². The lowest BCUT2D eigenvalue weighted by molar-refractivity contribution is -0.262. The van der Waals surface area contributed by atoms with Gasteiger partial charge in [-0.3, -0.25) is 14.4 Å². The number of ketones is 3. The number of Topliss-reactive ketones (excluding diaryl/α,β-unsaturated/α-hetero) is 3. The van der Waals surface area contributed by atoms with E-state index in [1.54, 1.807) is 0 Å². The quantitative estimate of drug-likeness (QED) is 0.0953. The first-order valence-electron chi connectivity index (χ1n) is 33.2. The number of ether oxygens (including phenoxy) is 2. The van der Waals surface area contributed by atoms with Gasteiger partial charge in [0, 0.05) is 91.6 Å². The minimum absolute atomic E-state index is 0.0556. The summed E-state index contributed by atoms with van der Waals surface area (Å²) in [5, 5.41) is 54.9. The average Bonchev–Trinajstić information content (AvgIpc) is 1.70. The molecule has 10 aliphatic rings. The number of rotatable bonds is 12. The van der Waals surface area contributed by atoms with Gasteiger partial charge in [0.1, 0.15) is 17.7 Å². The number of carbonyl (C=O) groups excluding carboxylic acids is 3. The van der Waals surface area contributed by atoms with Crippen molar-refractivity contribution in [1.29, 1.82) is 0 Å². The summed E-state index contributed by atoms with van der Waals surface area (Å²) in [6.07, 6.45) is 17.1. The van der Waals surface area contributed by atoms with E-state index in [-0.39, 0.29) is 41.2 Å². The van der Waals surface area contributed by atoms with E-state index in [1.807, 2.05) is 20.9 Å². The molecule has 2 saturated heterocycles. The number of aryl methyl sites for hydroxylation is 1. The number of allylic oxidation sites excluding steroid dienone is 1. The zero-order valence-electron chi connectivity index (χ0n) is 52.1. The van der Waals surface area contributed by atoms with Crippen LogP contribution < -0.4 is 5.32 Å². The van der Waals surface area contributed by atoms with Crippen LogP contribution in [0.4, 0.5) is 0 Å². The van der Waals surface area contributed by atoms with Crippen LogP contribution in [0.3, 0.4) is 0 Å². The Hall–Kier alpha value is -3.49. The van der Waals surface area contributed by atoms with Crippen molar-refractivity contribution in [1.82, 2.24) is 14.9 Å². The second kappa shape index (κ2) is 20.3. The fourth-order valence-electron chi connectivity index (χ4n) is 21.8. The van der Waals surface area contributed by atoms with Crippen molar-refractivity contribution in [2.45, 2.75) is 251 Å². The summed E-state index contributed by atoms with van der Waals surface area (Å²) in [5.41, 5.74) is 4.88. The van der Waals surface area contributed by atoms with Crippen LogP contribution >= 0.6 is 0 Å². The molecule has 1 aromatic carbocycles. The maximum absolute atomic E-state index is 16.1. The van der Waals surface area contributed by atoms with E-state index < -0.39 is 73.8 Å². The Labute approximate surface area is 494 Å². The standard InChI is InChI=1S/C71H101N3O9/c1-40(2)16-17-42-30-46-47(31-44(41-14-12-11-13-15-41)32-50(46)71(81)25-28-82-29-26-71)55(60(42)79)48-38-74-39-49-56-57(65(5,34-52(77)63-64(3,4)83-63)21-18-43-37-73-58(48)59(43)74)51(76)35-68(56,8)67(7)22-20-53-66(6,24-27-72-10)54(78)36-70(23-19-45(75)33-70)69(53,9)62(67)61(49)80/h31-32,37-38,40-42,45,49,52-53,55,61-63,72-73,75,77,80-81H,11-30,33-36,39H2,1-10H3. The molecule has 3 aromatic rings. The monoisotopic (exact) mass is 1140 g/mol. The molecule has 83 heavy (non-hydrogen) atoms. The van der Waals surface area contributed by atoms with Crippen LogP contribution in [0.25, 0.3) is 11.0 Å². The number of benzene rings is 1. The van der Waals surface area contributed by atoms with E-state index >= 15 is 14.4 Å². The first kappa shape index (κ1) is 58.5. The van der Waals surface area contributed by atoms with Gasteiger partial charge < -0.3 is 44.8 Å². The highest BCUT2D eigenvalue weighted by atomic mass is 16.6. The number of aromatic amines is 1. The van der Waals surface area contributed by atoms with E-state index in [0.717, 1.165) is 94.9 Å². The van der Waals surface area contributed by atoms with Gasteiger partial charge in [-0.15, -0.1) is 0 Å². The lowest BCUT2D eigenvalue weighted by Gasteiger charge is -2.74. The molecule has 0 radical (unpaired) electrons. The molecule has 0 amide bonds. The fraction of sp³-hybridized carbons (Fsp3) is 0.761. The predicted octanol–water partition coefficient (Wildman–Crippen LogP) is 11.6. The Morgan fingerprint density at radius 3 is 2.30 bits per heavy atom. The molecular formula is C71H101N3O9. The van der Waals surface area contributed by atoms with Gasteiger partial charge in [0.2, 0.25) is 0 Å². The third-order valence-electron chi connectivity index (χ3n) is 26.4. The van der Waals surface area contributed by atoms with Gasteiger partial charge in [-0.05, 0) is 190 Å². The third-order valence-corrected chi connectivity index (χ3v) is 26.4. The molecule has 7 fully saturated rings. The number of aromatic nitrogens is 2. The van der Waals surface area contributed by atoms with E-state index in [0.29, 0.717) is 109 Å². The average molecular weight is 1140 g/mol. The van der Waals surface area contributed by atoms with E-state index in [2.05, 4.69) is 87.9 Å². The number of hydrogen-bond donors (Lipinski definition) is 6. The predicted molar refractivity (Wildman–Crippen MR) is 322 cm³/mol. The van der Waals surface area contributed by atoms with Gasteiger partial charge in [-0.2, -0.15) is 0 Å². The maximum atomic E-state index is 16.1. The SMILES string of the molecule is CNCCC1(C)C(=O)CC2(CCC(O)C2)C2(C)C1CCC1(C)C2C(O)C2Cn3cc(C4C(=O)C(CCC(C)C)Cc5c4cc(C4CCCCC4)cc5C4(O)CCOCC4)c4[nH]cc(c43)CCC(C)(CC(O)C3OC3(C)C)C3=C2C1(C)CC3=O. The summed E-state index contributed by atoms with van der Waals surface area (Å²) in [6, 6.07) is 4.73. The van der Waals surface area contributed by atoms with Crippen LogP contribution in [0.2, 0.25) is 0 Å². The number of aliphatic hydroxyl groups is 4. The first-order valence-corrected chi connectivity index (χ1v) is 33.2. The normalized spacial score (nSPS) is 40.6. The summed E-state index contributed by atoms with van der Waals surface area (Å²) < 4.78 is 14.5. The second-order valence-electron chi connectivity index (χ2n) is 31.7. The van der Waals surface area contributed by atoms with Crippen molar-refractivity contribution < 1.29 is 44.3 Å². The number of aliphatic hydroxyl groups excluding tert-OH is 3. The molecular weight excluding hydrogens is 1040 g/mol. The Morgan fingerprint density at radius 2 is 1.63 bits per heavy atom. The molecule has 454 valence electrons. The van der Waals surface area contributed by atoms with Crippen LogP contribution in [-0.4, -0.2) is 104 Å². The van der Waals surface area contributed by atoms with Crippen LogP contribution in [0, 0.1) is 62.1 Å². The number of fused-ring (bicyclic) bond motifs is 6. The minimum atomic E-state index is -1.07. The summed E-state index contributed by atoms with van der Waals surface area (Å²) >= 11 is 0. The molecule has 12 nitrogen and oxygen atoms in total. The Morgan fingerprint density at radius 1 is 0.892 bits per heavy atom. The topological polar surface area (TPSA) is 187 Å². The second-order valence-corrected chi connectivity index (χ2v) is 31.7. The van der Waals surface area contributed by atoms with Crippen LogP contribution in [-0.2, 0) is 48.8 Å². The highest BCUT2D eigenvalue weighted by Gasteiger charge is 2.78. The Kier molecular flexibility index (Phi) is 14.3. The molecule has 5 saturated carbocycles. The highest BCUT2D eigenvalue weighted by molar-refractivity contribution is 6.02. The van der Waals surface area contributed by atoms with Gasteiger partial charge in [0.15, 0.2) is 5.78 Å². The molecule has 15 atom stereocenters. The maximum Gasteiger partial charge on any atom is 0.160 e. The van der Waals surface area contributed by atoms with Crippen molar-refractivity contribution >= 4 is 28.4 Å². The summed E-state index contributed by atoms with van der Waals surface area (Å²) in [6.45, 7) is 22.1. The molecule has 12 heteroatoms. The number of nitrogens with one attached hydrogen (secondary N) is 2. The van der Waals surface area contributed by atoms with Crippen molar-refractivity contribution in [3.05, 3.63) is 69.1 Å². The van der Waals surface area contributed by atoms with Crippen molar-refractivity contribution in [3.8, 4) is 0 Å². The van der Waals surface area contributed by atoms with Gasteiger partial charge >= 0.3 is 0 Å². The van der Waals surface area contributed by atoms with E-state index in [9.17, 15) is 20.4 Å². The number of epoxide rings is 1. The number of H-pyrrole nitrogens is 1. The summed E-state index contributed by atoms with van der Waals surface area (Å²) in [4.78, 5) is 51.0. The van der Waals surface area contributed by atoms with Crippen LogP contribution in [0.5, 0.6) is 0 Å². The molecule has 13 rings (SSSR count). The van der Waals surface area contributed by atoms with E-state index in [1.165, 1.54) is 24.8 Å². The van der Waals surface area contributed by atoms with Crippen LogP contribution in [0.1, 0.15) is 230 Å². The summed E-state index contributed by atoms with van der Waals surface area (Å²) in [5.74, 6) is -0.352. The fourth-order valence-corrected chi connectivity index (χ4v) is 21.8. The molecule has 6 N–H and O–H groups in total. The van der Waals surface area contributed by atoms with Gasteiger partial charge in [-0.1, -0.05) is 86.3 Å². The lowest BCUT2D eigenvalue weighted by Crippen LogP contribution is -2.72. The van der Waals surface area contributed by atoms with Crippen LogP contribution in [0.15, 0.2) is 35.7 Å². The number of carbonyl (C=O) groups is 3. The highest BCUT2D eigenvalue weighted by Crippen LogP contribution is 2.80. The smallest absolute Gasteiger partial charge is 0.160 e. The molecule has 3 aliphatic heterocycles. The van der Waals surface area contributed by atoms with Crippen molar-refractivity contribution in [2.24, 2.45) is 62.1 Å². The zero-order valence-corrected chi connectivity index (χ0v) is 52.1. The zero-order chi connectivity index (χ0) is 58.8. The van der Waals surface area contributed by atoms with Gasteiger partial charge in [0.05, 0.1) is 46.5 Å². The number of hydrogen-bond acceptors (Lipinski definition) is 10. The largest absolute Gasteiger partial charge is 0.393 e. The third kappa shape index (κ3) is 8.65. The van der Waals surface area contributed by atoms with E-state index in [4.69, 9.17) is 9.47 Å². The lowest BCUT2D eigenvalue weighted by atomic mass is 9.30. The summed E-state index contributed by atoms with van der Waals surface area (Å²) in [7, 11) is 1.96. The molecule has 0 bridgehead atoms. The molecule has 2 aromatic heterocycles. The Balaban J connectivity index is 1.03. The van der Waals surface area contributed by atoms with Crippen molar-refractivity contribution in [3.63, 3.8) is 0 Å². The minimum Gasteiger partial charge on any atom is -0.393 e.